The van der Waals surface area contributed by atoms with Crippen LogP contribution in [0.5, 0.6) is 5.75 Å². The molecule has 24 heavy (non-hydrogen) atoms. The molecule has 0 saturated carbocycles. The monoisotopic (exact) mass is 337 g/mol. The van der Waals surface area contributed by atoms with Crippen LogP contribution in [0.3, 0.4) is 0 Å². The van der Waals surface area contributed by atoms with Crippen molar-refractivity contribution in [1.82, 2.24) is 5.32 Å². The molecule has 0 bridgehead atoms. The SMILES string of the molecule is CC(C)Oc1ccccc1CNC(P)c1cccc2ccccc12. The first-order chi connectivity index (χ1) is 11.6. The maximum atomic E-state index is 5.91. The Morgan fingerprint density at radius 3 is 2.46 bits per heavy atom. The van der Waals surface area contributed by atoms with Crippen LogP contribution in [0.25, 0.3) is 10.8 Å². The van der Waals surface area contributed by atoms with Gasteiger partial charge in [0.1, 0.15) is 5.75 Å². The lowest BCUT2D eigenvalue weighted by Gasteiger charge is -2.19. The molecule has 2 atom stereocenters. The Kier molecular flexibility index (Phi) is 5.50. The molecule has 0 aliphatic carbocycles. The van der Waals surface area contributed by atoms with E-state index in [9.17, 15) is 0 Å². The largest absolute Gasteiger partial charge is 0.491 e. The summed E-state index contributed by atoms with van der Waals surface area (Å²) in [7, 11) is 2.91. The van der Waals surface area contributed by atoms with E-state index in [-0.39, 0.29) is 11.9 Å². The van der Waals surface area contributed by atoms with Crippen molar-refractivity contribution in [3.05, 3.63) is 77.9 Å². The van der Waals surface area contributed by atoms with Crippen molar-refractivity contribution in [1.29, 1.82) is 0 Å². The summed E-state index contributed by atoms with van der Waals surface area (Å²) >= 11 is 0. The first-order valence-corrected chi connectivity index (χ1v) is 9.03. The minimum Gasteiger partial charge on any atom is -0.491 e. The second-order valence-electron chi connectivity index (χ2n) is 6.20. The zero-order chi connectivity index (χ0) is 16.9. The van der Waals surface area contributed by atoms with Gasteiger partial charge in [-0.05, 0) is 36.2 Å². The first-order valence-electron chi connectivity index (χ1n) is 8.36. The Hall–Kier alpha value is -1.89. The molecule has 0 amide bonds. The maximum Gasteiger partial charge on any atom is 0.124 e. The molecule has 0 aromatic heterocycles. The van der Waals surface area contributed by atoms with E-state index in [1.807, 2.05) is 12.1 Å². The number of benzene rings is 3. The Labute approximate surface area is 146 Å². The second kappa shape index (κ2) is 7.79. The van der Waals surface area contributed by atoms with Crippen LogP contribution in [0.4, 0.5) is 0 Å². The maximum absolute atomic E-state index is 5.91. The van der Waals surface area contributed by atoms with E-state index in [1.54, 1.807) is 0 Å². The van der Waals surface area contributed by atoms with Gasteiger partial charge >= 0.3 is 0 Å². The van der Waals surface area contributed by atoms with E-state index < -0.39 is 0 Å². The summed E-state index contributed by atoms with van der Waals surface area (Å²) in [4.78, 5) is 0. The molecular weight excluding hydrogens is 313 g/mol. The molecule has 3 aromatic rings. The van der Waals surface area contributed by atoms with Gasteiger partial charge in [0.05, 0.1) is 6.10 Å². The minimum absolute atomic E-state index is 0.177. The summed E-state index contributed by atoms with van der Waals surface area (Å²) < 4.78 is 5.91. The molecular formula is C21H24NOP. The highest BCUT2D eigenvalue weighted by atomic mass is 31.0. The van der Waals surface area contributed by atoms with Crippen LogP contribution in [-0.2, 0) is 6.54 Å². The fourth-order valence-electron chi connectivity index (χ4n) is 2.87. The lowest BCUT2D eigenvalue weighted by atomic mass is 10.0. The van der Waals surface area contributed by atoms with Gasteiger partial charge in [-0.1, -0.05) is 60.7 Å². The summed E-state index contributed by atoms with van der Waals surface area (Å²) in [6.45, 7) is 4.87. The molecule has 3 aromatic carbocycles. The molecule has 2 unspecified atom stereocenters. The lowest BCUT2D eigenvalue weighted by molar-refractivity contribution is 0.239. The summed E-state index contributed by atoms with van der Waals surface area (Å²) in [5.41, 5.74) is 2.47. The van der Waals surface area contributed by atoms with E-state index >= 15 is 0 Å². The van der Waals surface area contributed by atoms with Crippen molar-refractivity contribution in [2.75, 3.05) is 0 Å². The van der Waals surface area contributed by atoms with Crippen molar-refractivity contribution >= 4 is 20.0 Å². The van der Waals surface area contributed by atoms with E-state index in [4.69, 9.17) is 4.74 Å². The van der Waals surface area contributed by atoms with Crippen molar-refractivity contribution in [2.24, 2.45) is 0 Å². The first kappa shape index (κ1) is 17.0. The molecule has 124 valence electrons. The molecule has 3 rings (SSSR count). The summed E-state index contributed by atoms with van der Waals surface area (Å²) in [5.74, 6) is 1.14. The Morgan fingerprint density at radius 2 is 1.62 bits per heavy atom. The van der Waals surface area contributed by atoms with Gasteiger partial charge in [-0.15, -0.1) is 9.24 Å². The van der Waals surface area contributed by atoms with Gasteiger partial charge in [0.2, 0.25) is 0 Å². The molecule has 0 aliphatic rings. The van der Waals surface area contributed by atoms with Crippen LogP contribution in [0.2, 0.25) is 0 Å². The van der Waals surface area contributed by atoms with Crippen LogP contribution in [0, 0.1) is 0 Å². The molecule has 1 N–H and O–H groups in total. The van der Waals surface area contributed by atoms with Crippen LogP contribution in [-0.4, -0.2) is 6.10 Å². The Morgan fingerprint density at radius 1 is 0.917 bits per heavy atom. The highest BCUT2D eigenvalue weighted by Crippen LogP contribution is 2.29. The van der Waals surface area contributed by atoms with Gasteiger partial charge < -0.3 is 10.1 Å². The summed E-state index contributed by atoms with van der Waals surface area (Å²) in [5, 5.41) is 6.17. The molecule has 2 nitrogen and oxygen atoms in total. The van der Waals surface area contributed by atoms with Crippen molar-refractivity contribution in [3.8, 4) is 5.75 Å². The molecule has 0 radical (unpaired) electrons. The number of hydrogen-bond acceptors (Lipinski definition) is 2. The average Bonchev–Trinajstić information content (AvgIpc) is 2.60. The number of ether oxygens (including phenoxy) is 1. The smallest absolute Gasteiger partial charge is 0.124 e. The second-order valence-corrected chi connectivity index (χ2v) is 6.87. The fourth-order valence-corrected chi connectivity index (χ4v) is 3.28. The van der Waals surface area contributed by atoms with Crippen LogP contribution in [0.15, 0.2) is 66.7 Å². The molecule has 0 fully saturated rings. The minimum atomic E-state index is 0.177. The van der Waals surface area contributed by atoms with Gasteiger partial charge in [0, 0.05) is 17.9 Å². The topological polar surface area (TPSA) is 21.3 Å². The lowest BCUT2D eigenvalue weighted by Crippen LogP contribution is -2.17. The number of fused-ring (bicyclic) bond motifs is 1. The molecule has 0 saturated heterocycles. The molecule has 0 heterocycles. The van der Waals surface area contributed by atoms with Gasteiger partial charge in [-0.3, -0.25) is 0 Å². The predicted molar refractivity (Wildman–Crippen MR) is 105 cm³/mol. The summed E-state index contributed by atoms with van der Waals surface area (Å²) in [6, 6.07) is 23.2. The zero-order valence-corrected chi connectivity index (χ0v) is 15.4. The van der Waals surface area contributed by atoms with Crippen LogP contribution >= 0.6 is 9.24 Å². The predicted octanol–water partition coefficient (Wildman–Crippen LogP) is 5.29. The van der Waals surface area contributed by atoms with Gasteiger partial charge in [0.15, 0.2) is 0 Å². The standard InChI is InChI=1S/C21H24NOP/c1-15(2)23-20-13-6-4-9-17(20)14-22-21(24)19-12-7-10-16-8-3-5-11-18(16)19/h3-13,15,21-22H,14,24H2,1-2H3. The van der Waals surface area contributed by atoms with Gasteiger partial charge in [-0.2, -0.15) is 0 Å². The van der Waals surface area contributed by atoms with E-state index in [0.29, 0.717) is 0 Å². The Bertz CT molecular complexity index is 810. The highest BCUT2D eigenvalue weighted by Gasteiger charge is 2.11. The summed E-state index contributed by atoms with van der Waals surface area (Å²) in [6.07, 6.45) is 0.177. The third kappa shape index (κ3) is 3.95. The number of para-hydroxylation sites is 1. The molecule has 3 heteroatoms. The third-order valence-corrected chi connectivity index (χ3v) is 4.60. The van der Waals surface area contributed by atoms with Crippen molar-refractivity contribution in [2.45, 2.75) is 32.3 Å². The molecule has 0 aliphatic heterocycles. The quantitative estimate of drug-likeness (QED) is 0.617. The molecule has 0 spiro atoms. The zero-order valence-electron chi connectivity index (χ0n) is 14.2. The van der Waals surface area contributed by atoms with E-state index in [1.165, 1.54) is 21.9 Å². The average molecular weight is 337 g/mol. The van der Waals surface area contributed by atoms with Crippen LogP contribution in [0.1, 0.15) is 30.8 Å². The van der Waals surface area contributed by atoms with Crippen LogP contribution < -0.4 is 10.1 Å². The van der Waals surface area contributed by atoms with Gasteiger partial charge in [-0.25, -0.2) is 0 Å². The van der Waals surface area contributed by atoms with Crippen molar-refractivity contribution < 1.29 is 4.74 Å². The van der Waals surface area contributed by atoms with Crippen molar-refractivity contribution in [3.63, 3.8) is 0 Å². The fraction of sp³-hybridized carbons (Fsp3) is 0.238. The Balaban J connectivity index is 1.77. The van der Waals surface area contributed by atoms with Gasteiger partial charge in [0.25, 0.3) is 0 Å². The number of rotatable bonds is 6. The normalized spacial score (nSPS) is 12.5. The van der Waals surface area contributed by atoms with E-state index in [0.717, 1.165) is 12.3 Å². The van der Waals surface area contributed by atoms with E-state index in [2.05, 4.69) is 83.0 Å². The number of nitrogens with one attached hydrogen (secondary N) is 1. The number of hydrogen-bond donors (Lipinski definition) is 1. The highest BCUT2D eigenvalue weighted by molar-refractivity contribution is 7.17. The third-order valence-electron chi connectivity index (χ3n) is 4.01.